The highest BCUT2D eigenvalue weighted by molar-refractivity contribution is 7.89. The van der Waals surface area contributed by atoms with Gasteiger partial charge in [0.15, 0.2) is 0 Å². The number of hydrogen-bond donors (Lipinski definition) is 1. The van der Waals surface area contributed by atoms with Crippen molar-refractivity contribution in [3.63, 3.8) is 0 Å². The van der Waals surface area contributed by atoms with Gasteiger partial charge in [0, 0.05) is 28.9 Å². The van der Waals surface area contributed by atoms with Crippen molar-refractivity contribution in [1.82, 2.24) is 19.4 Å². The van der Waals surface area contributed by atoms with E-state index in [4.69, 9.17) is 34.8 Å². The molecule has 0 bridgehead atoms. The van der Waals surface area contributed by atoms with Crippen LogP contribution >= 0.6 is 34.8 Å². The van der Waals surface area contributed by atoms with Gasteiger partial charge in [0.25, 0.3) is 0 Å². The fraction of sp³-hybridized carbons (Fsp3) is 0.423. The first-order valence-corrected chi connectivity index (χ1v) is 15.4. The molecule has 226 valence electrons. The van der Waals surface area contributed by atoms with Gasteiger partial charge >= 0.3 is 6.18 Å². The number of hydrogen-bond acceptors (Lipinski definition) is 5. The number of rotatable bonds is 7. The normalized spacial score (nSPS) is 23.6. The van der Waals surface area contributed by atoms with Crippen LogP contribution in [0.4, 0.5) is 13.2 Å². The third-order valence-corrected chi connectivity index (χ3v) is 10.2. The van der Waals surface area contributed by atoms with E-state index in [9.17, 15) is 36.0 Å². The monoisotopic (exact) mass is 666 g/mol. The van der Waals surface area contributed by atoms with Crippen LogP contribution in [-0.4, -0.2) is 84.3 Å². The Hall–Kier alpha value is -2.58. The van der Waals surface area contributed by atoms with E-state index < -0.39 is 76.7 Å². The molecule has 2 saturated heterocycles. The van der Waals surface area contributed by atoms with E-state index in [2.05, 4.69) is 5.32 Å². The van der Waals surface area contributed by atoms with Crippen LogP contribution in [-0.2, 0) is 30.8 Å². The van der Waals surface area contributed by atoms with E-state index in [1.807, 2.05) is 0 Å². The predicted molar refractivity (Wildman–Crippen MR) is 147 cm³/mol. The number of nitrogens with one attached hydrogen (secondary N) is 1. The van der Waals surface area contributed by atoms with Crippen LogP contribution < -0.4 is 5.32 Å². The lowest BCUT2D eigenvalue weighted by atomic mass is 9.97. The van der Waals surface area contributed by atoms with Crippen molar-refractivity contribution in [2.24, 2.45) is 5.92 Å². The first-order chi connectivity index (χ1) is 19.7. The average Bonchev–Trinajstić information content (AvgIpc) is 3.74. The van der Waals surface area contributed by atoms with Crippen molar-refractivity contribution in [2.45, 2.75) is 48.6 Å². The molecule has 42 heavy (non-hydrogen) atoms. The van der Waals surface area contributed by atoms with Gasteiger partial charge in [-0.15, -0.1) is 0 Å². The Balaban J connectivity index is 1.61. The molecule has 3 amide bonds. The van der Waals surface area contributed by atoms with Crippen molar-refractivity contribution in [3.05, 3.63) is 63.1 Å². The van der Waals surface area contributed by atoms with Crippen molar-refractivity contribution >= 4 is 62.5 Å². The third kappa shape index (κ3) is 6.35. The Morgan fingerprint density at radius 3 is 2.19 bits per heavy atom. The molecule has 0 aromatic heterocycles. The largest absolute Gasteiger partial charge is 0.406 e. The molecule has 3 aliphatic rings. The van der Waals surface area contributed by atoms with Crippen molar-refractivity contribution in [2.75, 3.05) is 19.6 Å². The summed E-state index contributed by atoms with van der Waals surface area (Å²) in [6.45, 7) is -2.99. The molecule has 1 saturated carbocycles. The van der Waals surface area contributed by atoms with Crippen LogP contribution in [0.3, 0.4) is 0 Å². The fourth-order valence-corrected chi connectivity index (χ4v) is 7.66. The van der Waals surface area contributed by atoms with Crippen LogP contribution in [0.25, 0.3) is 0 Å². The first-order valence-electron chi connectivity index (χ1n) is 12.8. The highest BCUT2D eigenvalue weighted by atomic mass is 35.5. The first kappa shape index (κ1) is 30.9. The molecule has 2 aromatic carbocycles. The van der Waals surface area contributed by atoms with Crippen molar-refractivity contribution in [1.29, 1.82) is 0 Å². The predicted octanol–water partition coefficient (Wildman–Crippen LogP) is 3.72. The molecule has 0 radical (unpaired) electrons. The second-order valence-electron chi connectivity index (χ2n) is 10.4. The summed E-state index contributed by atoms with van der Waals surface area (Å²) in [7, 11) is -4.60. The smallest absolute Gasteiger partial charge is 0.343 e. The number of sulfonamides is 1. The maximum absolute atomic E-state index is 14.0. The molecule has 2 heterocycles. The number of halogens is 6. The molecule has 1 aliphatic carbocycles. The number of fused-ring (bicyclic) bond motifs is 1. The van der Waals surface area contributed by atoms with Crippen molar-refractivity contribution in [3.8, 4) is 0 Å². The van der Waals surface area contributed by atoms with Crippen LogP contribution in [0.1, 0.15) is 18.4 Å². The number of benzene rings is 2. The lowest BCUT2D eigenvalue weighted by Gasteiger charge is -2.53. The van der Waals surface area contributed by atoms with Gasteiger partial charge in [-0.1, -0.05) is 46.9 Å². The van der Waals surface area contributed by atoms with Gasteiger partial charge in [0.2, 0.25) is 27.7 Å². The van der Waals surface area contributed by atoms with E-state index in [1.54, 1.807) is 12.1 Å². The summed E-state index contributed by atoms with van der Waals surface area (Å²) in [4.78, 5) is 41.2. The van der Waals surface area contributed by atoms with Gasteiger partial charge in [0.1, 0.15) is 29.7 Å². The van der Waals surface area contributed by atoms with E-state index in [0.29, 0.717) is 28.3 Å². The zero-order chi connectivity index (χ0) is 30.6. The molecule has 9 nitrogen and oxygen atoms in total. The summed E-state index contributed by atoms with van der Waals surface area (Å²) in [6, 6.07) is 6.85. The maximum atomic E-state index is 14.0. The molecule has 16 heteroatoms. The molecule has 5 rings (SSSR count). The van der Waals surface area contributed by atoms with Gasteiger partial charge in [-0.3, -0.25) is 14.4 Å². The Morgan fingerprint density at radius 1 is 0.952 bits per heavy atom. The molecule has 2 aromatic rings. The minimum absolute atomic E-state index is 0.145. The van der Waals surface area contributed by atoms with E-state index >= 15 is 0 Å². The van der Waals surface area contributed by atoms with Crippen LogP contribution in [0.2, 0.25) is 15.1 Å². The minimum atomic E-state index is -4.80. The second-order valence-corrected chi connectivity index (χ2v) is 13.5. The maximum Gasteiger partial charge on any atom is 0.406 e. The summed E-state index contributed by atoms with van der Waals surface area (Å²) in [6.07, 6.45) is -5.35. The van der Waals surface area contributed by atoms with Crippen LogP contribution in [0.5, 0.6) is 0 Å². The highest BCUT2D eigenvalue weighted by Crippen LogP contribution is 2.36. The Bertz CT molecular complexity index is 1520. The van der Waals surface area contributed by atoms with Gasteiger partial charge in [-0.25, -0.2) is 8.42 Å². The third-order valence-electron chi connectivity index (χ3n) is 7.34. The summed E-state index contributed by atoms with van der Waals surface area (Å²) in [5.41, 5.74) is 0.470. The zero-order valence-corrected chi connectivity index (χ0v) is 24.7. The second kappa shape index (κ2) is 11.5. The van der Waals surface area contributed by atoms with E-state index in [0.717, 1.165) is 15.3 Å². The van der Waals surface area contributed by atoms with Gasteiger partial charge < -0.3 is 15.1 Å². The quantitative estimate of drug-likeness (QED) is 0.485. The Kier molecular flexibility index (Phi) is 8.45. The lowest BCUT2D eigenvalue weighted by molar-refractivity contribution is -0.183. The van der Waals surface area contributed by atoms with Gasteiger partial charge in [0.05, 0.1) is 11.6 Å². The molecular formula is C26H24Cl3F3N4O5S. The number of amides is 3. The summed E-state index contributed by atoms with van der Waals surface area (Å²) >= 11 is 18.1. The van der Waals surface area contributed by atoms with Gasteiger partial charge in [-0.05, 0) is 48.7 Å². The molecule has 0 spiro atoms. The fourth-order valence-electron chi connectivity index (χ4n) is 5.20. The zero-order valence-electron chi connectivity index (χ0n) is 21.7. The topological polar surface area (TPSA) is 107 Å². The molecule has 1 N–H and O–H groups in total. The average molecular weight is 668 g/mol. The minimum Gasteiger partial charge on any atom is -0.343 e. The summed E-state index contributed by atoms with van der Waals surface area (Å²) < 4.78 is 69.7. The number of piperazine rings is 1. The lowest BCUT2D eigenvalue weighted by Crippen LogP contribution is -2.76. The van der Waals surface area contributed by atoms with Crippen LogP contribution in [0, 0.1) is 5.92 Å². The molecule has 3 atom stereocenters. The van der Waals surface area contributed by atoms with Gasteiger partial charge in [-0.2, -0.15) is 17.5 Å². The Labute approximate surface area is 254 Å². The number of nitrogens with zero attached hydrogens (tertiary/aromatic N) is 3. The number of carbonyl (C=O) groups excluding carboxylic acids is 3. The number of alkyl halides is 3. The molecular weight excluding hydrogens is 644 g/mol. The molecule has 2 aliphatic heterocycles. The molecule has 3 unspecified atom stereocenters. The van der Waals surface area contributed by atoms with E-state index in [1.165, 1.54) is 24.3 Å². The summed E-state index contributed by atoms with van der Waals surface area (Å²) in [5, 5.41) is 2.85. The standard InChI is InChI=1S/C26H24Cl3F3N4O5S/c27-16-5-1-14(2-6-16)9-20-25(39)34(13-26(30,31)32)12-22-35(42(40,41)21-8-7-17(28)10-18(21)29)11-19(24(38)36(20)22)33-23(37)15-3-4-15/h1-2,5-8,10,15,19-20,22H,3-4,9,11-13H2,(H,33,37). The molecule has 3 fully saturated rings. The number of carbonyl (C=O) groups is 3. The Morgan fingerprint density at radius 2 is 1.60 bits per heavy atom. The van der Waals surface area contributed by atoms with E-state index in [-0.39, 0.29) is 22.4 Å². The summed E-state index contributed by atoms with van der Waals surface area (Å²) in [5.74, 6) is -2.57. The van der Waals surface area contributed by atoms with Crippen LogP contribution in [0.15, 0.2) is 47.4 Å². The highest BCUT2D eigenvalue weighted by Gasteiger charge is 2.55. The van der Waals surface area contributed by atoms with Crippen molar-refractivity contribution < 1.29 is 36.0 Å². The SMILES string of the molecule is O=C(NC1CN(S(=O)(=O)c2ccc(Cl)cc2Cl)C2CN(CC(F)(F)F)C(=O)C(Cc3ccc(Cl)cc3)N2C1=O)C1CC1.